The fraction of sp³-hybridized carbons (Fsp3) is 0.238. The topological polar surface area (TPSA) is 79.3 Å². The van der Waals surface area contributed by atoms with Crippen LogP contribution in [0.5, 0.6) is 5.75 Å². The number of aromatic nitrogens is 2. The predicted molar refractivity (Wildman–Crippen MR) is 108 cm³/mol. The summed E-state index contributed by atoms with van der Waals surface area (Å²) in [4.78, 5) is 8.77. The maximum atomic E-state index is 12.3. The number of pyridine rings is 2. The van der Waals surface area contributed by atoms with Crippen molar-refractivity contribution in [2.75, 3.05) is 23.8 Å². The molecule has 3 aromatic rings. The van der Waals surface area contributed by atoms with Gasteiger partial charge in [-0.3, -0.25) is 4.98 Å². The molecular weight excluding hydrogens is 397 g/mol. The van der Waals surface area contributed by atoms with Crippen molar-refractivity contribution < 1.29 is 23.0 Å². The second kappa shape index (κ2) is 9.45. The number of ether oxygens (including phenoxy) is 1. The van der Waals surface area contributed by atoms with E-state index in [-0.39, 0.29) is 12.4 Å². The zero-order valence-electron chi connectivity index (χ0n) is 16.2. The van der Waals surface area contributed by atoms with Crippen LogP contribution in [-0.2, 0) is 6.54 Å². The Hall–Kier alpha value is -3.33. The normalized spacial score (nSPS) is 11.2. The van der Waals surface area contributed by atoms with Gasteiger partial charge < -0.3 is 20.5 Å². The van der Waals surface area contributed by atoms with E-state index in [1.54, 1.807) is 12.4 Å². The van der Waals surface area contributed by atoms with E-state index in [4.69, 9.17) is 5.11 Å². The van der Waals surface area contributed by atoms with Gasteiger partial charge in [0.15, 0.2) is 0 Å². The third kappa shape index (κ3) is 6.08. The first kappa shape index (κ1) is 21.4. The SMILES string of the molecule is Cc1ccc(-c2cc(CNc3ccc(OC(F)(F)F)cc3)cnc2NCCO)cn1. The van der Waals surface area contributed by atoms with Crippen LogP contribution in [0.15, 0.2) is 54.9 Å². The minimum atomic E-state index is -4.71. The lowest BCUT2D eigenvalue weighted by Gasteiger charge is -2.14. The third-order valence-corrected chi connectivity index (χ3v) is 4.16. The van der Waals surface area contributed by atoms with Gasteiger partial charge in [0.1, 0.15) is 11.6 Å². The largest absolute Gasteiger partial charge is 0.573 e. The van der Waals surface area contributed by atoms with Crippen molar-refractivity contribution in [1.82, 2.24) is 9.97 Å². The number of nitrogens with zero attached hydrogens (tertiary/aromatic N) is 2. The predicted octanol–water partition coefficient (Wildman–Crippen LogP) is 4.37. The molecule has 0 fully saturated rings. The number of nitrogens with one attached hydrogen (secondary N) is 2. The molecule has 0 aliphatic rings. The van der Waals surface area contributed by atoms with E-state index in [0.717, 1.165) is 22.4 Å². The molecule has 2 aromatic heterocycles. The molecule has 0 radical (unpaired) electrons. The van der Waals surface area contributed by atoms with Crippen LogP contribution in [0, 0.1) is 6.92 Å². The third-order valence-electron chi connectivity index (χ3n) is 4.16. The van der Waals surface area contributed by atoms with Crippen molar-refractivity contribution in [1.29, 1.82) is 0 Å². The Labute approximate surface area is 171 Å². The molecule has 0 unspecified atom stereocenters. The number of alkyl halides is 3. The molecule has 0 saturated heterocycles. The van der Waals surface area contributed by atoms with Crippen LogP contribution in [-0.4, -0.2) is 34.6 Å². The highest BCUT2D eigenvalue weighted by Crippen LogP contribution is 2.28. The molecule has 0 saturated carbocycles. The van der Waals surface area contributed by atoms with E-state index in [1.807, 2.05) is 25.1 Å². The fourth-order valence-electron chi connectivity index (χ4n) is 2.75. The van der Waals surface area contributed by atoms with Gasteiger partial charge in [-0.15, -0.1) is 13.2 Å². The van der Waals surface area contributed by atoms with Gasteiger partial charge in [0, 0.05) is 48.0 Å². The van der Waals surface area contributed by atoms with Gasteiger partial charge >= 0.3 is 6.36 Å². The first-order valence-electron chi connectivity index (χ1n) is 9.20. The molecule has 0 atom stereocenters. The molecule has 0 aliphatic carbocycles. The maximum absolute atomic E-state index is 12.3. The lowest BCUT2D eigenvalue weighted by atomic mass is 10.1. The first-order valence-corrected chi connectivity index (χ1v) is 9.20. The van der Waals surface area contributed by atoms with Crippen molar-refractivity contribution in [2.45, 2.75) is 19.8 Å². The van der Waals surface area contributed by atoms with Gasteiger partial charge in [-0.2, -0.15) is 0 Å². The second-order valence-corrected chi connectivity index (χ2v) is 6.50. The van der Waals surface area contributed by atoms with Crippen LogP contribution in [0.2, 0.25) is 0 Å². The van der Waals surface area contributed by atoms with E-state index in [9.17, 15) is 13.2 Å². The Bertz CT molecular complexity index is 961. The molecule has 0 aliphatic heterocycles. The molecule has 0 amide bonds. The van der Waals surface area contributed by atoms with E-state index < -0.39 is 6.36 Å². The summed E-state index contributed by atoms with van der Waals surface area (Å²) in [5.74, 6) is 0.357. The summed E-state index contributed by atoms with van der Waals surface area (Å²) in [6, 6.07) is 11.3. The Morgan fingerprint density at radius 3 is 2.40 bits per heavy atom. The molecule has 158 valence electrons. The van der Waals surface area contributed by atoms with Crippen molar-refractivity contribution in [3.05, 3.63) is 66.1 Å². The van der Waals surface area contributed by atoms with E-state index in [1.165, 1.54) is 24.3 Å². The quantitative estimate of drug-likeness (QED) is 0.504. The molecule has 30 heavy (non-hydrogen) atoms. The zero-order valence-corrected chi connectivity index (χ0v) is 16.2. The summed E-state index contributed by atoms with van der Waals surface area (Å²) in [7, 11) is 0. The average molecular weight is 418 g/mol. The molecule has 6 nitrogen and oxygen atoms in total. The van der Waals surface area contributed by atoms with Crippen LogP contribution < -0.4 is 15.4 Å². The summed E-state index contributed by atoms with van der Waals surface area (Å²) >= 11 is 0. The zero-order chi connectivity index (χ0) is 21.6. The second-order valence-electron chi connectivity index (χ2n) is 6.50. The van der Waals surface area contributed by atoms with Crippen molar-refractivity contribution in [3.63, 3.8) is 0 Å². The van der Waals surface area contributed by atoms with Crippen molar-refractivity contribution >= 4 is 11.5 Å². The number of aryl methyl sites for hydroxylation is 1. The van der Waals surface area contributed by atoms with Gasteiger partial charge in [0.05, 0.1) is 6.61 Å². The summed E-state index contributed by atoms with van der Waals surface area (Å²) in [6.45, 7) is 2.66. The standard InChI is InChI=1S/C21H21F3N4O2/c1-14-2-3-16(13-26-14)19-10-15(12-28-20(19)25-8-9-29)11-27-17-4-6-18(7-5-17)30-21(22,23)24/h2-7,10,12-13,27,29H,8-9,11H2,1H3,(H,25,28). The maximum Gasteiger partial charge on any atom is 0.573 e. The lowest BCUT2D eigenvalue weighted by molar-refractivity contribution is -0.274. The molecular formula is C21H21F3N4O2. The molecule has 2 heterocycles. The average Bonchev–Trinajstić information content (AvgIpc) is 2.71. The number of benzene rings is 1. The number of rotatable bonds is 8. The van der Waals surface area contributed by atoms with E-state index >= 15 is 0 Å². The van der Waals surface area contributed by atoms with Crippen molar-refractivity contribution in [2.24, 2.45) is 0 Å². The van der Waals surface area contributed by atoms with Gasteiger partial charge in [0.25, 0.3) is 0 Å². The van der Waals surface area contributed by atoms with Crippen LogP contribution in [0.1, 0.15) is 11.3 Å². The molecule has 0 spiro atoms. The number of anilines is 2. The summed E-state index contributed by atoms with van der Waals surface area (Å²) in [6.07, 6.45) is -1.26. The van der Waals surface area contributed by atoms with Crippen LogP contribution in [0.4, 0.5) is 24.7 Å². The number of hydrogen-bond donors (Lipinski definition) is 3. The summed E-state index contributed by atoms with van der Waals surface area (Å²) in [5, 5.41) is 15.3. The minimum Gasteiger partial charge on any atom is -0.406 e. The van der Waals surface area contributed by atoms with Gasteiger partial charge in [0.2, 0.25) is 0 Å². The molecule has 3 rings (SSSR count). The van der Waals surface area contributed by atoms with Gasteiger partial charge in [-0.25, -0.2) is 4.98 Å². The molecule has 3 N–H and O–H groups in total. The van der Waals surface area contributed by atoms with Crippen LogP contribution >= 0.6 is 0 Å². The Balaban J connectivity index is 1.74. The smallest absolute Gasteiger partial charge is 0.406 e. The first-order chi connectivity index (χ1) is 14.3. The summed E-state index contributed by atoms with van der Waals surface area (Å²) < 4.78 is 40.6. The highest BCUT2D eigenvalue weighted by molar-refractivity contribution is 5.75. The number of halogens is 3. The van der Waals surface area contributed by atoms with E-state index in [2.05, 4.69) is 25.3 Å². The number of aliphatic hydroxyl groups is 1. The lowest BCUT2D eigenvalue weighted by Crippen LogP contribution is -2.17. The number of hydrogen-bond acceptors (Lipinski definition) is 6. The Kier molecular flexibility index (Phi) is 6.73. The summed E-state index contributed by atoms with van der Waals surface area (Å²) in [5.41, 5.74) is 4.13. The van der Waals surface area contributed by atoms with Gasteiger partial charge in [-0.1, -0.05) is 6.07 Å². The highest BCUT2D eigenvalue weighted by Gasteiger charge is 2.30. The molecule has 9 heteroatoms. The fourth-order valence-corrected chi connectivity index (χ4v) is 2.75. The van der Waals surface area contributed by atoms with Crippen LogP contribution in [0.25, 0.3) is 11.1 Å². The molecule has 0 bridgehead atoms. The number of aliphatic hydroxyl groups excluding tert-OH is 1. The highest BCUT2D eigenvalue weighted by atomic mass is 19.4. The van der Waals surface area contributed by atoms with Crippen LogP contribution in [0.3, 0.4) is 0 Å². The van der Waals surface area contributed by atoms with Gasteiger partial charge in [-0.05, 0) is 48.9 Å². The Morgan fingerprint density at radius 2 is 1.77 bits per heavy atom. The van der Waals surface area contributed by atoms with Crippen molar-refractivity contribution in [3.8, 4) is 16.9 Å². The van der Waals surface area contributed by atoms with E-state index in [0.29, 0.717) is 24.6 Å². The minimum absolute atomic E-state index is 0.0232. The molecule has 1 aromatic carbocycles. The monoisotopic (exact) mass is 418 g/mol. The Morgan fingerprint density at radius 1 is 1.00 bits per heavy atom.